The van der Waals surface area contributed by atoms with Gasteiger partial charge in [0, 0.05) is 7.05 Å². The maximum absolute atomic E-state index is 12.0. The molecular weight excluding hydrogens is 272 g/mol. The number of carbonyl (C=O) groups excluding carboxylic acids is 1. The number of hydrogen-bond donors (Lipinski definition) is 1. The standard InChI is InChI=1S/C13H15F2NO4/c1-8(12(18)19)16(2)11(17)7-9-3-5-10(6-4-9)20-13(14)15/h3-6,8,13H,7H2,1-2H3,(H,18,19). The van der Waals surface area contributed by atoms with Crippen LogP contribution in [0.3, 0.4) is 0 Å². The van der Waals surface area contributed by atoms with Crippen LogP contribution in [0.5, 0.6) is 5.75 Å². The number of ether oxygens (including phenoxy) is 1. The predicted molar refractivity (Wildman–Crippen MR) is 66.6 cm³/mol. The van der Waals surface area contributed by atoms with Gasteiger partial charge in [0.25, 0.3) is 0 Å². The monoisotopic (exact) mass is 287 g/mol. The lowest BCUT2D eigenvalue weighted by Crippen LogP contribution is -2.41. The van der Waals surface area contributed by atoms with Crippen LogP contribution in [0.1, 0.15) is 12.5 Å². The number of alkyl halides is 2. The van der Waals surface area contributed by atoms with E-state index in [2.05, 4.69) is 4.74 Å². The number of aliphatic carboxylic acids is 1. The van der Waals surface area contributed by atoms with Crippen molar-refractivity contribution in [3.8, 4) is 5.75 Å². The molecule has 5 nitrogen and oxygen atoms in total. The Balaban J connectivity index is 2.64. The molecule has 0 fully saturated rings. The van der Waals surface area contributed by atoms with Crippen molar-refractivity contribution < 1.29 is 28.2 Å². The molecule has 7 heteroatoms. The lowest BCUT2D eigenvalue weighted by Gasteiger charge is -2.21. The molecule has 0 heterocycles. The van der Waals surface area contributed by atoms with Gasteiger partial charge in [-0.25, -0.2) is 4.79 Å². The van der Waals surface area contributed by atoms with Crippen LogP contribution in [0, 0.1) is 0 Å². The molecule has 110 valence electrons. The minimum Gasteiger partial charge on any atom is -0.480 e. The zero-order valence-corrected chi connectivity index (χ0v) is 11.0. The molecule has 0 aliphatic rings. The van der Waals surface area contributed by atoms with Gasteiger partial charge >= 0.3 is 12.6 Å². The zero-order chi connectivity index (χ0) is 15.3. The van der Waals surface area contributed by atoms with Crippen LogP contribution in [0.25, 0.3) is 0 Å². The van der Waals surface area contributed by atoms with E-state index in [0.29, 0.717) is 5.56 Å². The zero-order valence-electron chi connectivity index (χ0n) is 11.0. The first-order valence-corrected chi connectivity index (χ1v) is 5.83. The summed E-state index contributed by atoms with van der Waals surface area (Å²) in [5.74, 6) is -1.47. The second-order valence-electron chi connectivity index (χ2n) is 4.22. The van der Waals surface area contributed by atoms with E-state index in [-0.39, 0.29) is 18.1 Å². The van der Waals surface area contributed by atoms with E-state index in [1.165, 1.54) is 38.2 Å². The Kier molecular flexibility index (Phi) is 5.42. The summed E-state index contributed by atoms with van der Waals surface area (Å²) in [5, 5.41) is 8.81. The van der Waals surface area contributed by atoms with Crippen molar-refractivity contribution >= 4 is 11.9 Å². The van der Waals surface area contributed by atoms with Gasteiger partial charge in [-0.05, 0) is 24.6 Å². The molecule has 0 bridgehead atoms. The van der Waals surface area contributed by atoms with Crippen molar-refractivity contribution in [3.05, 3.63) is 29.8 Å². The fraction of sp³-hybridized carbons (Fsp3) is 0.385. The van der Waals surface area contributed by atoms with E-state index in [0.717, 1.165) is 4.90 Å². The fourth-order valence-electron chi connectivity index (χ4n) is 1.47. The average molecular weight is 287 g/mol. The molecule has 0 aliphatic heterocycles. The Labute approximate surface area is 114 Å². The predicted octanol–water partition coefficient (Wildman–Crippen LogP) is 1.76. The molecule has 0 radical (unpaired) electrons. The molecular formula is C13H15F2NO4. The van der Waals surface area contributed by atoms with Crippen LogP contribution in [-0.2, 0) is 16.0 Å². The van der Waals surface area contributed by atoms with Crippen LogP contribution in [0.2, 0.25) is 0 Å². The normalized spacial score (nSPS) is 12.1. The molecule has 1 aromatic rings. The molecule has 0 aromatic heterocycles. The van der Waals surface area contributed by atoms with Gasteiger partial charge in [0.1, 0.15) is 11.8 Å². The first kappa shape index (κ1) is 15.9. The van der Waals surface area contributed by atoms with E-state index < -0.39 is 18.6 Å². The molecule has 0 saturated heterocycles. The van der Waals surface area contributed by atoms with E-state index in [4.69, 9.17) is 5.11 Å². The van der Waals surface area contributed by atoms with Gasteiger partial charge in [0.05, 0.1) is 6.42 Å². The lowest BCUT2D eigenvalue weighted by molar-refractivity contribution is -0.147. The second kappa shape index (κ2) is 6.83. The number of rotatable bonds is 6. The summed E-state index contributed by atoms with van der Waals surface area (Å²) in [6, 6.07) is 4.69. The van der Waals surface area contributed by atoms with Crippen molar-refractivity contribution in [2.45, 2.75) is 26.0 Å². The maximum Gasteiger partial charge on any atom is 0.387 e. The smallest absolute Gasteiger partial charge is 0.387 e. The van der Waals surface area contributed by atoms with E-state index >= 15 is 0 Å². The van der Waals surface area contributed by atoms with E-state index in [1.807, 2.05) is 0 Å². The Morgan fingerprint density at radius 1 is 1.30 bits per heavy atom. The van der Waals surface area contributed by atoms with Gasteiger partial charge in [0.15, 0.2) is 0 Å². The van der Waals surface area contributed by atoms with Gasteiger partial charge in [0.2, 0.25) is 5.91 Å². The summed E-state index contributed by atoms with van der Waals surface area (Å²) in [5.41, 5.74) is 0.584. The molecule has 1 unspecified atom stereocenters. The van der Waals surface area contributed by atoms with Crippen LogP contribution < -0.4 is 4.74 Å². The third kappa shape index (κ3) is 4.49. The summed E-state index contributed by atoms with van der Waals surface area (Å²) in [6.45, 7) is -1.50. The quantitative estimate of drug-likeness (QED) is 0.865. The summed E-state index contributed by atoms with van der Waals surface area (Å²) in [6.07, 6.45) is -0.0108. The molecule has 1 N–H and O–H groups in total. The number of carboxylic acid groups (broad SMARTS) is 1. The first-order chi connectivity index (χ1) is 9.31. The van der Waals surface area contributed by atoms with Gasteiger partial charge < -0.3 is 14.7 Å². The topological polar surface area (TPSA) is 66.8 Å². The summed E-state index contributed by atoms with van der Waals surface area (Å²) in [7, 11) is 1.40. The summed E-state index contributed by atoms with van der Waals surface area (Å²) < 4.78 is 28.1. The van der Waals surface area contributed by atoms with Crippen LogP contribution >= 0.6 is 0 Å². The third-order valence-electron chi connectivity index (χ3n) is 2.84. The Hall–Kier alpha value is -2.18. The van der Waals surface area contributed by atoms with Crippen molar-refractivity contribution in [1.82, 2.24) is 4.90 Å². The minimum absolute atomic E-state index is 0.00320. The van der Waals surface area contributed by atoms with Crippen molar-refractivity contribution in [1.29, 1.82) is 0 Å². The van der Waals surface area contributed by atoms with Gasteiger partial charge in [-0.2, -0.15) is 8.78 Å². The number of hydrogen-bond acceptors (Lipinski definition) is 3. The SMILES string of the molecule is CC(C(=O)O)N(C)C(=O)Cc1ccc(OC(F)F)cc1. The molecule has 0 aliphatic carbocycles. The molecule has 20 heavy (non-hydrogen) atoms. The highest BCUT2D eigenvalue weighted by Gasteiger charge is 2.21. The fourth-order valence-corrected chi connectivity index (χ4v) is 1.47. The van der Waals surface area contributed by atoms with Crippen LogP contribution in [0.15, 0.2) is 24.3 Å². The Morgan fingerprint density at radius 2 is 1.85 bits per heavy atom. The summed E-state index contributed by atoms with van der Waals surface area (Å²) >= 11 is 0. The molecule has 1 amide bonds. The van der Waals surface area contributed by atoms with E-state index in [1.54, 1.807) is 0 Å². The third-order valence-corrected chi connectivity index (χ3v) is 2.84. The van der Waals surface area contributed by atoms with Crippen molar-refractivity contribution in [2.75, 3.05) is 7.05 Å². The number of carbonyl (C=O) groups is 2. The first-order valence-electron chi connectivity index (χ1n) is 5.83. The minimum atomic E-state index is -2.90. The Bertz CT molecular complexity index is 476. The van der Waals surface area contributed by atoms with Crippen LogP contribution in [0.4, 0.5) is 8.78 Å². The highest BCUT2D eigenvalue weighted by atomic mass is 19.3. The van der Waals surface area contributed by atoms with Crippen molar-refractivity contribution in [2.24, 2.45) is 0 Å². The number of amides is 1. The largest absolute Gasteiger partial charge is 0.480 e. The number of carboxylic acids is 1. The van der Waals surface area contributed by atoms with E-state index in [9.17, 15) is 18.4 Å². The van der Waals surface area contributed by atoms with Gasteiger partial charge in [-0.15, -0.1) is 0 Å². The second-order valence-corrected chi connectivity index (χ2v) is 4.22. The molecule has 0 spiro atoms. The highest BCUT2D eigenvalue weighted by Crippen LogP contribution is 2.15. The molecule has 1 aromatic carbocycles. The number of likely N-dealkylation sites (N-methyl/N-ethyl adjacent to an activating group) is 1. The molecule has 1 rings (SSSR count). The van der Waals surface area contributed by atoms with Gasteiger partial charge in [-0.1, -0.05) is 12.1 Å². The molecule has 0 saturated carbocycles. The number of halogens is 2. The maximum atomic E-state index is 12.0. The molecule has 1 atom stereocenters. The van der Waals surface area contributed by atoms with Crippen molar-refractivity contribution in [3.63, 3.8) is 0 Å². The van der Waals surface area contributed by atoms with Crippen LogP contribution in [-0.4, -0.2) is 41.6 Å². The number of benzene rings is 1. The number of nitrogens with zero attached hydrogens (tertiary/aromatic N) is 1. The van der Waals surface area contributed by atoms with Gasteiger partial charge in [-0.3, -0.25) is 4.79 Å². The Morgan fingerprint density at radius 3 is 2.30 bits per heavy atom. The highest BCUT2D eigenvalue weighted by molar-refractivity contribution is 5.84. The summed E-state index contributed by atoms with van der Waals surface area (Å²) in [4.78, 5) is 23.7. The lowest BCUT2D eigenvalue weighted by atomic mass is 10.1. The average Bonchev–Trinajstić information content (AvgIpc) is 2.38.